The van der Waals surface area contributed by atoms with Gasteiger partial charge in [0.1, 0.15) is 11.6 Å². The molecule has 0 saturated carbocycles. The molecule has 0 aliphatic carbocycles. The standard InChI is InChI=1S/C24H23F2N3O4/c25-18-7-4-8-19(26)24(18)20-15-27-21(33-20)9-10-23(31)32-16-22(30)29-13-11-28(12-14-29)17-5-2-1-3-6-17/h1-8,15H,9-14,16H2. The molecule has 33 heavy (non-hydrogen) atoms. The number of piperazine rings is 1. The number of carbonyl (C=O) groups is 2. The molecule has 1 amide bonds. The molecule has 7 nitrogen and oxygen atoms in total. The highest BCUT2D eigenvalue weighted by Crippen LogP contribution is 2.26. The number of para-hydroxylation sites is 1. The predicted octanol–water partition coefficient (Wildman–Crippen LogP) is 3.44. The molecular weight excluding hydrogens is 432 g/mol. The summed E-state index contributed by atoms with van der Waals surface area (Å²) in [5, 5.41) is 0. The summed E-state index contributed by atoms with van der Waals surface area (Å²) in [6, 6.07) is 13.5. The Morgan fingerprint density at radius 3 is 2.36 bits per heavy atom. The lowest BCUT2D eigenvalue weighted by Gasteiger charge is -2.36. The molecule has 1 aromatic heterocycles. The van der Waals surface area contributed by atoms with Crippen LogP contribution in [0.1, 0.15) is 12.3 Å². The van der Waals surface area contributed by atoms with Crippen LogP contribution in [0.15, 0.2) is 59.1 Å². The Labute approximate surface area is 189 Å². The van der Waals surface area contributed by atoms with E-state index in [-0.39, 0.29) is 42.6 Å². The Bertz CT molecular complexity index is 1090. The van der Waals surface area contributed by atoms with E-state index in [1.807, 2.05) is 30.3 Å². The maximum Gasteiger partial charge on any atom is 0.306 e. The van der Waals surface area contributed by atoms with Crippen LogP contribution in [-0.2, 0) is 20.7 Å². The number of aromatic nitrogens is 1. The number of amides is 1. The topological polar surface area (TPSA) is 75.9 Å². The molecule has 0 spiro atoms. The van der Waals surface area contributed by atoms with E-state index in [9.17, 15) is 18.4 Å². The number of halogens is 2. The maximum absolute atomic E-state index is 13.9. The fraction of sp³-hybridized carbons (Fsp3) is 0.292. The normalized spacial score (nSPS) is 13.8. The second-order valence-corrected chi connectivity index (χ2v) is 7.58. The van der Waals surface area contributed by atoms with Crippen LogP contribution < -0.4 is 4.90 Å². The van der Waals surface area contributed by atoms with Crippen LogP contribution in [0.4, 0.5) is 14.5 Å². The minimum Gasteiger partial charge on any atom is -0.456 e. The summed E-state index contributed by atoms with van der Waals surface area (Å²) in [6.45, 7) is 2.19. The van der Waals surface area contributed by atoms with Gasteiger partial charge in [-0.25, -0.2) is 13.8 Å². The van der Waals surface area contributed by atoms with Crippen molar-refractivity contribution in [3.05, 3.63) is 72.3 Å². The van der Waals surface area contributed by atoms with Crippen molar-refractivity contribution < 1.29 is 27.5 Å². The van der Waals surface area contributed by atoms with E-state index in [0.717, 1.165) is 17.8 Å². The summed E-state index contributed by atoms with van der Waals surface area (Å²) < 4.78 is 38.2. The summed E-state index contributed by atoms with van der Waals surface area (Å²) in [5.41, 5.74) is 0.806. The highest BCUT2D eigenvalue weighted by molar-refractivity contribution is 5.81. The third-order valence-corrected chi connectivity index (χ3v) is 5.42. The molecule has 0 bridgehead atoms. The van der Waals surface area contributed by atoms with Crippen LogP contribution in [0.2, 0.25) is 0 Å². The Kier molecular flexibility index (Phi) is 6.97. The number of ether oxygens (including phenoxy) is 1. The number of rotatable bonds is 7. The van der Waals surface area contributed by atoms with Crippen molar-refractivity contribution in [2.75, 3.05) is 37.7 Å². The molecule has 3 aromatic rings. The van der Waals surface area contributed by atoms with E-state index in [1.165, 1.54) is 12.3 Å². The van der Waals surface area contributed by atoms with Gasteiger partial charge in [0.2, 0.25) is 0 Å². The molecule has 1 fully saturated rings. The number of carbonyl (C=O) groups excluding carboxylic acids is 2. The molecule has 0 atom stereocenters. The quantitative estimate of drug-likeness (QED) is 0.508. The lowest BCUT2D eigenvalue weighted by molar-refractivity contribution is -0.152. The molecule has 1 aliphatic rings. The van der Waals surface area contributed by atoms with Gasteiger partial charge in [0, 0.05) is 38.3 Å². The third-order valence-electron chi connectivity index (χ3n) is 5.42. The fourth-order valence-corrected chi connectivity index (χ4v) is 3.64. The van der Waals surface area contributed by atoms with Crippen LogP contribution in [0.3, 0.4) is 0 Å². The van der Waals surface area contributed by atoms with E-state index < -0.39 is 17.6 Å². The van der Waals surface area contributed by atoms with Gasteiger partial charge in [0.15, 0.2) is 18.3 Å². The third kappa shape index (κ3) is 5.54. The van der Waals surface area contributed by atoms with Crippen molar-refractivity contribution in [3.63, 3.8) is 0 Å². The number of nitrogens with zero attached hydrogens (tertiary/aromatic N) is 3. The summed E-state index contributed by atoms with van der Waals surface area (Å²) >= 11 is 0. The molecule has 172 valence electrons. The fourth-order valence-electron chi connectivity index (χ4n) is 3.64. The molecule has 2 aromatic carbocycles. The van der Waals surface area contributed by atoms with Crippen molar-refractivity contribution in [3.8, 4) is 11.3 Å². The van der Waals surface area contributed by atoms with Crippen molar-refractivity contribution >= 4 is 17.6 Å². The second kappa shape index (κ2) is 10.2. The van der Waals surface area contributed by atoms with Crippen LogP contribution in [0.5, 0.6) is 0 Å². The van der Waals surface area contributed by atoms with Gasteiger partial charge in [-0.3, -0.25) is 9.59 Å². The van der Waals surface area contributed by atoms with Gasteiger partial charge >= 0.3 is 5.97 Å². The van der Waals surface area contributed by atoms with Gasteiger partial charge in [0.25, 0.3) is 5.91 Å². The minimum absolute atomic E-state index is 0.0567. The van der Waals surface area contributed by atoms with E-state index in [2.05, 4.69) is 9.88 Å². The molecule has 9 heteroatoms. The molecule has 0 unspecified atom stereocenters. The van der Waals surface area contributed by atoms with Gasteiger partial charge in [0.05, 0.1) is 18.2 Å². The zero-order valence-electron chi connectivity index (χ0n) is 17.9. The molecule has 1 saturated heterocycles. The average Bonchev–Trinajstić information content (AvgIpc) is 3.30. The smallest absolute Gasteiger partial charge is 0.306 e. The van der Waals surface area contributed by atoms with E-state index in [4.69, 9.17) is 9.15 Å². The first-order chi connectivity index (χ1) is 16.0. The van der Waals surface area contributed by atoms with E-state index in [0.29, 0.717) is 26.2 Å². The summed E-state index contributed by atoms with van der Waals surface area (Å²) in [5.74, 6) is -2.26. The number of benzene rings is 2. The number of oxazole rings is 1. The Hall–Kier alpha value is -3.75. The number of hydrogen-bond acceptors (Lipinski definition) is 6. The van der Waals surface area contributed by atoms with Gasteiger partial charge in [-0.2, -0.15) is 0 Å². The van der Waals surface area contributed by atoms with E-state index in [1.54, 1.807) is 4.90 Å². The minimum atomic E-state index is -0.764. The van der Waals surface area contributed by atoms with Gasteiger partial charge < -0.3 is 19.0 Å². The van der Waals surface area contributed by atoms with Crippen LogP contribution in [0.25, 0.3) is 11.3 Å². The average molecular weight is 455 g/mol. The molecule has 0 radical (unpaired) electrons. The first kappa shape index (κ1) is 22.4. The van der Waals surface area contributed by atoms with Crippen LogP contribution in [-0.4, -0.2) is 54.5 Å². The first-order valence-corrected chi connectivity index (χ1v) is 10.6. The first-order valence-electron chi connectivity index (χ1n) is 10.6. The van der Waals surface area contributed by atoms with Gasteiger partial charge in [-0.1, -0.05) is 24.3 Å². The lowest BCUT2D eigenvalue weighted by atomic mass is 10.1. The van der Waals surface area contributed by atoms with Crippen LogP contribution in [0, 0.1) is 11.6 Å². The molecule has 1 aliphatic heterocycles. The number of anilines is 1. The summed E-state index contributed by atoms with van der Waals surface area (Å²) in [6.07, 6.45) is 1.22. The zero-order valence-corrected chi connectivity index (χ0v) is 17.9. The maximum atomic E-state index is 13.9. The molecule has 0 N–H and O–H groups in total. The monoisotopic (exact) mass is 455 g/mol. The van der Waals surface area contributed by atoms with Gasteiger partial charge in [-0.15, -0.1) is 0 Å². The second-order valence-electron chi connectivity index (χ2n) is 7.58. The SMILES string of the molecule is O=C(CCc1ncc(-c2c(F)cccc2F)o1)OCC(=O)N1CCN(c2ccccc2)CC1. The summed E-state index contributed by atoms with van der Waals surface area (Å²) in [7, 11) is 0. The highest BCUT2D eigenvalue weighted by atomic mass is 19.1. The van der Waals surface area contributed by atoms with Crippen molar-refractivity contribution in [2.24, 2.45) is 0 Å². The van der Waals surface area contributed by atoms with Crippen molar-refractivity contribution in [1.29, 1.82) is 0 Å². The number of aryl methyl sites for hydroxylation is 1. The largest absolute Gasteiger partial charge is 0.456 e. The van der Waals surface area contributed by atoms with Crippen LogP contribution >= 0.6 is 0 Å². The van der Waals surface area contributed by atoms with Crippen molar-refractivity contribution in [2.45, 2.75) is 12.8 Å². The molecule has 4 rings (SSSR count). The highest BCUT2D eigenvalue weighted by Gasteiger charge is 2.22. The Morgan fingerprint density at radius 1 is 0.970 bits per heavy atom. The predicted molar refractivity (Wildman–Crippen MR) is 116 cm³/mol. The molecular formula is C24H23F2N3O4. The Balaban J connectivity index is 1.20. The van der Waals surface area contributed by atoms with E-state index >= 15 is 0 Å². The zero-order chi connectivity index (χ0) is 23.2. The number of hydrogen-bond donors (Lipinski definition) is 0. The summed E-state index contributed by atoms with van der Waals surface area (Å²) in [4.78, 5) is 32.2. The molecule has 2 heterocycles. The van der Waals surface area contributed by atoms with Gasteiger partial charge in [-0.05, 0) is 24.3 Å². The lowest BCUT2D eigenvalue weighted by Crippen LogP contribution is -2.49. The number of esters is 1. The Morgan fingerprint density at radius 2 is 1.67 bits per heavy atom. The van der Waals surface area contributed by atoms with Crippen molar-refractivity contribution in [1.82, 2.24) is 9.88 Å².